The minimum Gasteiger partial charge on any atom is -0.343 e. The van der Waals surface area contributed by atoms with Gasteiger partial charge in [0.2, 0.25) is 15.9 Å². The fraction of sp³-hybridized carbons (Fsp3) is 0.550. The molecule has 150 valence electrons. The molecule has 2 rings (SSSR count). The molecule has 6 nitrogen and oxygen atoms in total. The van der Waals surface area contributed by atoms with Crippen LogP contribution < -0.4 is 4.72 Å². The molecule has 1 aliphatic heterocycles. The molecule has 1 saturated heterocycles. The number of amides is 1. The largest absolute Gasteiger partial charge is 0.343 e. The Balaban J connectivity index is 1.75. The number of carbonyl (C=O) groups excluding carboxylic acids is 1. The fourth-order valence-electron chi connectivity index (χ4n) is 3.25. The predicted octanol–water partition coefficient (Wildman–Crippen LogP) is 2.30. The molecule has 1 amide bonds. The first kappa shape index (κ1) is 21.6. The van der Waals surface area contributed by atoms with Crippen molar-refractivity contribution in [2.24, 2.45) is 0 Å². The van der Waals surface area contributed by atoms with E-state index >= 15 is 0 Å². The standard InChI is InChI=1S/C20H31N3O3S/c1-17(2)23-14-10-19(11-15-23)22(3)20(24)9-13-21-27(25,26)16-12-18-7-5-4-6-8-18/h4-8,12,16-17,19,21H,9-11,13-15H2,1-3H3/b16-12+. The van der Waals surface area contributed by atoms with Crippen LogP contribution in [0, 0.1) is 0 Å². The SMILES string of the molecule is CC(C)N1CCC(N(C)C(=O)CCNS(=O)(=O)/C=C/c2ccccc2)CC1. The third kappa shape index (κ3) is 7.08. The highest BCUT2D eigenvalue weighted by Crippen LogP contribution is 2.17. The molecule has 0 aliphatic carbocycles. The van der Waals surface area contributed by atoms with Crippen molar-refractivity contribution in [3.63, 3.8) is 0 Å². The van der Waals surface area contributed by atoms with Crippen LogP contribution in [0.1, 0.15) is 38.7 Å². The van der Waals surface area contributed by atoms with Gasteiger partial charge in [-0.2, -0.15) is 0 Å². The van der Waals surface area contributed by atoms with Crippen LogP contribution in [0.2, 0.25) is 0 Å². The van der Waals surface area contributed by atoms with Crippen molar-refractivity contribution >= 4 is 22.0 Å². The molecule has 0 radical (unpaired) electrons. The maximum Gasteiger partial charge on any atom is 0.233 e. The smallest absolute Gasteiger partial charge is 0.233 e. The number of sulfonamides is 1. The van der Waals surface area contributed by atoms with E-state index in [0.717, 1.165) is 36.9 Å². The van der Waals surface area contributed by atoms with Gasteiger partial charge >= 0.3 is 0 Å². The molecule has 27 heavy (non-hydrogen) atoms. The number of hydrogen-bond acceptors (Lipinski definition) is 4. The maximum absolute atomic E-state index is 12.4. The number of carbonyl (C=O) groups is 1. The van der Waals surface area contributed by atoms with Gasteiger partial charge < -0.3 is 9.80 Å². The molecule has 0 unspecified atom stereocenters. The van der Waals surface area contributed by atoms with Crippen LogP contribution in [0.5, 0.6) is 0 Å². The molecule has 0 atom stereocenters. The highest BCUT2D eigenvalue weighted by Gasteiger charge is 2.26. The molecule has 0 spiro atoms. The quantitative estimate of drug-likeness (QED) is 0.736. The molecule has 7 heteroatoms. The van der Waals surface area contributed by atoms with Crippen LogP contribution in [0.4, 0.5) is 0 Å². The monoisotopic (exact) mass is 393 g/mol. The Morgan fingerprint density at radius 3 is 2.48 bits per heavy atom. The number of likely N-dealkylation sites (tertiary alicyclic amines) is 1. The topological polar surface area (TPSA) is 69.7 Å². The summed E-state index contributed by atoms with van der Waals surface area (Å²) < 4.78 is 26.5. The van der Waals surface area contributed by atoms with Crippen molar-refractivity contribution in [3.8, 4) is 0 Å². The number of piperidine rings is 1. The van der Waals surface area contributed by atoms with Gasteiger partial charge in [-0.3, -0.25) is 4.79 Å². The van der Waals surface area contributed by atoms with E-state index in [2.05, 4.69) is 23.5 Å². The highest BCUT2D eigenvalue weighted by atomic mass is 32.2. The summed E-state index contributed by atoms with van der Waals surface area (Å²) >= 11 is 0. The minimum atomic E-state index is -3.55. The van der Waals surface area contributed by atoms with Crippen LogP contribution in [0.3, 0.4) is 0 Å². The van der Waals surface area contributed by atoms with Crippen molar-refractivity contribution < 1.29 is 13.2 Å². The van der Waals surface area contributed by atoms with E-state index in [1.54, 1.807) is 11.0 Å². The summed E-state index contributed by atoms with van der Waals surface area (Å²) in [5.41, 5.74) is 0.812. The molecule has 1 fully saturated rings. The van der Waals surface area contributed by atoms with Crippen LogP contribution in [-0.4, -0.2) is 62.9 Å². The van der Waals surface area contributed by atoms with Gasteiger partial charge in [-0.1, -0.05) is 30.3 Å². The first-order valence-electron chi connectivity index (χ1n) is 9.51. The van der Waals surface area contributed by atoms with E-state index in [9.17, 15) is 13.2 Å². The van der Waals surface area contributed by atoms with Gasteiger partial charge in [0.25, 0.3) is 0 Å². The van der Waals surface area contributed by atoms with Gasteiger partial charge in [0.15, 0.2) is 0 Å². The minimum absolute atomic E-state index is 0.0206. The lowest BCUT2D eigenvalue weighted by Gasteiger charge is -2.38. The third-order valence-electron chi connectivity index (χ3n) is 5.05. The zero-order chi connectivity index (χ0) is 19.9. The number of hydrogen-bond donors (Lipinski definition) is 1. The van der Waals surface area contributed by atoms with Gasteiger partial charge in [-0.05, 0) is 38.3 Å². The van der Waals surface area contributed by atoms with E-state index in [4.69, 9.17) is 0 Å². The summed E-state index contributed by atoms with van der Waals surface area (Å²) in [6.45, 7) is 6.48. The number of nitrogens with one attached hydrogen (secondary N) is 1. The zero-order valence-electron chi connectivity index (χ0n) is 16.5. The molecule has 0 aromatic heterocycles. The van der Waals surface area contributed by atoms with Crippen LogP contribution in [-0.2, 0) is 14.8 Å². The predicted molar refractivity (Wildman–Crippen MR) is 110 cm³/mol. The van der Waals surface area contributed by atoms with Crippen molar-refractivity contribution in [2.75, 3.05) is 26.7 Å². The van der Waals surface area contributed by atoms with E-state index in [-0.39, 0.29) is 24.9 Å². The van der Waals surface area contributed by atoms with E-state index < -0.39 is 10.0 Å². The zero-order valence-corrected chi connectivity index (χ0v) is 17.3. The first-order chi connectivity index (χ1) is 12.8. The molecular formula is C20H31N3O3S. The molecule has 1 N–H and O–H groups in total. The highest BCUT2D eigenvalue weighted by molar-refractivity contribution is 7.92. The van der Waals surface area contributed by atoms with Crippen LogP contribution >= 0.6 is 0 Å². The Morgan fingerprint density at radius 1 is 1.26 bits per heavy atom. The first-order valence-corrected chi connectivity index (χ1v) is 11.1. The van der Waals surface area contributed by atoms with Crippen molar-refractivity contribution in [1.29, 1.82) is 0 Å². The fourth-order valence-corrected chi connectivity index (χ4v) is 4.07. The Hall–Kier alpha value is -1.70. The molecule has 1 heterocycles. The van der Waals surface area contributed by atoms with E-state index in [1.807, 2.05) is 37.4 Å². The van der Waals surface area contributed by atoms with E-state index in [0.29, 0.717) is 6.04 Å². The van der Waals surface area contributed by atoms with Gasteiger partial charge in [-0.15, -0.1) is 0 Å². The lowest BCUT2D eigenvalue weighted by Crippen LogP contribution is -2.47. The Kier molecular flexibility index (Phi) is 8.01. The van der Waals surface area contributed by atoms with Crippen molar-refractivity contribution in [3.05, 3.63) is 41.3 Å². The van der Waals surface area contributed by atoms with Crippen molar-refractivity contribution in [2.45, 2.75) is 45.2 Å². The summed E-state index contributed by atoms with van der Waals surface area (Å²) in [6, 6.07) is 10.00. The summed E-state index contributed by atoms with van der Waals surface area (Å²) in [5, 5.41) is 1.14. The van der Waals surface area contributed by atoms with Gasteiger partial charge in [0.05, 0.1) is 0 Å². The normalized spacial score (nSPS) is 16.9. The van der Waals surface area contributed by atoms with Gasteiger partial charge in [0, 0.05) is 50.6 Å². The Labute approximate surface area is 163 Å². The number of benzene rings is 1. The Morgan fingerprint density at radius 2 is 1.89 bits per heavy atom. The lowest BCUT2D eigenvalue weighted by atomic mass is 10.0. The Bertz CT molecular complexity index is 724. The summed E-state index contributed by atoms with van der Waals surface area (Å²) in [6.07, 6.45) is 3.63. The van der Waals surface area contributed by atoms with Gasteiger partial charge in [0.1, 0.15) is 0 Å². The van der Waals surface area contributed by atoms with Crippen LogP contribution in [0.15, 0.2) is 35.7 Å². The average molecular weight is 394 g/mol. The molecular weight excluding hydrogens is 362 g/mol. The second-order valence-electron chi connectivity index (χ2n) is 7.27. The third-order valence-corrected chi connectivity index (χ3v) is 6.15. The molecule has 1 aliphatic rings. The second-order valence-corrected chi connectivity index (χ2v) is 8.92. The van der Waals surface area contributed by atoms with Crippen LogP contribution in [0.25, 0.3) is 6.08 Å². The summed E-state index contributed by atoms with van der Waals surface area (Å²) in [4.78, 5) is 16.6. The van der Waals surface area contributed by atoms with E-state index in [1.165, 1.54) is 0 Å². The average Bonchev–Trinajstić information content (AvgIpc) is 2.66. The number of nitrogens with zero attached hydrogens (tertiary/aromatic N) is 2. The number of rotatable bonds is 8. The molecule has 1 aromatic rings. The summed E-state index contributed by atoms with van der Waals surface area (Å²) in [7, 11) is -1.73. The molecule has 1 aromatic carbocycles. The summed E-state index contributed by atoms with van der Waals surface area (Å²) in [5.74, 6) is -0.0206. The maximum atomic E-state index is 12.4. The molecule has 0 bridgehead atoms. The molecule has 0 saturated carbocycles. The second kappa shape index (κ2) is 10.0. The van der Waals surface area contributed by atoms with Crippen molar-refractivity contribution in [1.82, 2.24) is 14.5 Å². The lowest BCUT2D eigenvalue weighted by molar-refractivity contribution is -0.132. The van der Waals surface area contributed by atoms with Gasteiger partial charge in [-0.25, -0.2) is 13.1 Å².